The first-order valence-corrected chi connectivity index (χ1v) is 10.8. The van der Waals surface area contributed by atoms with Gasteiger partial charge in [-0.3, -0.25) is 9.10 Å². The summed E-state index contributed by atoms with van der Waals surface area (Å²) in [5.41, 5.74) is -0.414. The smallest absolute Gasteiger partial charge is 0.324 e. The number of benzene rings is 2. The van der Waals surface area contributed by atoms with Gasteiger partial charge in [0, 0.05) is 5.02 Å². The normalized spacial score (nSPS) is 12.1. The Kier molecular flexibility index (Phi) is 6.85. The topological polar surface area (TPSA) is 66.5 Å². The quantitative estimate of drug-likeness (QED) is 0.684. The molecule has 0 aromatic heterocycles. The summed E-state index contributed by atoms with van der Waals surface area (Å²) in [6.07, 6.45) is -3.82. The van der Waals surface area contributed by atoms with Gasteiger partial charge < -0.3 is 5.32 Å². The lowest BCUT2D eigenvalue weighted by atomic mass is 10.0. The Labute approximate surface area is 172 Å². The molecule has 5 nitrogen and oxygen atoms in total. The molecule has 0 aliphatic heterocycles. The van der Waals surface area contributed by atoms with E-state index in [0.717, 1.165) is 22.2 Å². The first kappa shape index (κ1) is 23.0. The van der Waals surface area contributed by atoms with Crippen molar-refractivity contribution in [2.24, 2.45) is 0 Å². The van der Waals surface area contributed by atoms with Crippen molar-refractivity contribution in [3.8, 4) is 0 Å². The second-order valence-electron chi connectivity index (χ2n) is 6.75. The molecule has 0 radical (unpaired) electrons. The molecule has 0 spiro atoms. The van der Waals surface area contributed by atoms with Gasteiger partial charge in [-0.15, -0.1) is 0 Å². The van der Waals surface area contributed by atoms with Crippen molar-refractivity contribution in [2.75, 3.05) is 22.4 Å². The van der Waals surface area contributed by atoms with Crippen molar-refractivity contribution in [1.82, 2.24) is 0 Å². The van der Waals surface area contributed by atoms with Gasteiger partial charge in [-0.05, 0) is 41.8 Å². The van der Waals surface area contributed by atoms with Crippen LogP contribution in [0.2, 0.25) is 5.02 Å². The number of rotatable bonds is 6. The van der Waals surface area contributed by atoms with E-state index in [1.165, 1.54) is 6.07 Å². The predicted octanol–water partition coefficient (Wildman–Crippen LogP) is 4.89. The van der Waals surface area contributed by atoms with E-state index in [1.807, 2.05) is 13.8 Å². The van der Waals surface area contributed by atoms with Gasteiger partial charge in [0.2, 0.25) is 15.9 Å². The fourth-order valence-electron chi connectivity index (χ4n) is 2.61. The number of nitrogens with one attached hydrogen (secondary N) is 1. The fraction of sp³-hybridized carbons (Fsp3) is 0.316. The van der Waals surface area contributed by atoms with E-state index in [9.17, 15) is 26.4 Å². The molecule has 0 atom stereocenters. The van der Waals surface area contributed by atoms with Crippen LogP contribution in [-0.4, -0.2) is 27.1 Å². The molecule has 1 N–H and O–H groups in total. The zero-order chi connectivity index (χ0) is 22.0. The first-order chi connectivity index (χ1) is 13.3. The third kappa shape index (κ3) is 6.11. The van der Waals surface area contributed by atoms with Gasteiger partial charge in [0.05, 0.1) is 23.2 Å². The van der Waals surface area contributed by atoms with E-state index in [2.05, 4.69) is 5.32 Å². The minimum absolute atomic E-state index is 0.140. The van der Waals surface area contributed by atoms with Crippen molar-refractivity contribution in [2.45, 2.75) is 25.9 Å². The van der Waals surface area contributed by atoms with Crippen LogP contribution in [0, 0.1) is 0 Å². The fourth-order valence-corrected chi connectivity index (χ4v) is 3.63. The van der Waals surface area contributed by atoms with Gasteiger partial charge >= 0.3 is 6.18 Å². The van der Waals surface area contributed by atoms with E-state index in [4.69, 9.17) is 11.6 Å². The Hall–Kier alpha value is -2.26. The summed E-state index contributed by atoms with van der Waals surface area (Å²) in [4.78, 5) is 12.4. The summed E-state index contributed by atoms with van der Waals surface area (Å²) in [6, 6.07) is 9.47. The lowest BCUT2D eigenvalue weighted by Gasteiger charge is -2.23. The number of nitrogens with zero attached hydrogens (tertiary/aromatic N) is 1. The number of sulfonamides is 1. The summed E-state index contributed by atoms with van der Waals surface area (Å²) in [7, 11) is -3.85. The van der Waals surface area contributed by atoms with E-state index < -0.39 is 39.9 Å². The van der Waals surface area contributed by atoms with Crippen LogP contribution in [0.5, 0.6) is 0 Å². The van der Waals surface area contributed by atoms with Crippen molar-refractivity contribution in [3.05, 3.63) is 58.6 Å². The monoisotopic (exact) mass is 448 g/mol. The van der Waals surface area contributed by atoms with Crippen LogP contribution in [-0.2, 0) is 21.0 Å². The van der Waals surface area contributed by atoms with Crippen LogP contribution in [0.1, 0.15) is 30.9 Å². The van der Waals surface area contributed by atoms with Crippen LogP contribution < -0.4 is 9.62 Å². The molecule has 0 aliphatic carbocycles. The molecule has 0 unspecified atom stereocenters. The zero-order valence-electron chi connectivity index (χ0n) is 15.9. The maximum absolute atomic E-state index is 13.2. The van der Waals surface area contributed by atoms with Crippen molar-refractivity contribution < 1.29 is 26.4 Å². The molecular weight excluding hydrogens is 429 g/mol. The zero-order valence-corrected chi connectivity index (χ0v) is 17.5. The molecule has 0 heterocycles. The van der Waals surface area contributed by atoms with Crippen LogP contribution in [0.25, 0.3) is 0 Å². The van der Waals surface area contributed by atoms with Gasteiger partial charge in [-0.1, -0.05) is 37.6 Å². The highest BCUT2D eigenvalue weighted by Gasteiger charge is 2.34. The Morgan fingerprint density at radius 2 is 1.72 bits per heavy atom. The Morgan fingerprint density at radius 1 is 1.14 bits per heavy atom. The van der Waals surface area contributed by atoms with Gasteiger partial charge in [0.1, 0.15) is 6.54 Å². The number of anilines is 2. The SMILES string of the molecule is CC(C)c1ccc(N(CC(=O)Nc2ccc(Cl)cc2C(F)(F)F)S(C)(=O)=O)cc1. The summed E-state index contributed by atoms with van der Waals surface area (Å²) < 4.78 is 64.7. The molecule has 1 amide bonds. The second-order valence-corrected chi connectivity index (χ2v) is 9.09. The standard InChI is InChI=1S/C19H20ClF3N2O3S/c1-12(2)13-4-7-15(8-5-13)25(29(3,27)28)11-18(26)24-17-9-6-14(20)10-16(17)19(21,22)23/h4-10,12H,11H2,1-3H3,(H,24,26). The molecule has 2 aromatic carbocycles. The maximum Gasteiger partial charge on any atom is 0.418 e. The molecule has 29 heavy (non-hydrogen) atoms. The third-order valence-electron chi connectivity index (χ3n) is 4.10. The average Bonchev–Trinajstić information content (AvgIpc) is 2.59. The van der Waals surface area contributed by atoms with Gasteiger partial charge in [-0.25, -0.2) is 8.42 Å². The van der Waals surface area contributed by atoms with Gasteiger partial charge in [0.15, 0.2) is 0 Å². The highest BCUT2D eigenvalue weighted by Crippen LogP contribution is 2.36. The van der Waals surface area contributed by atoms with E-state index >= 15 is 0 Å². The summed E-state index contributed by atoms with van der Waals surface area (Å²) in [6.45, 7) is 3.27. The predicted molar refractivity (Wildman–Crippen MR) is 108 cm³/mol. The molecule has 158 valence electrons. The molecule has 0 bridgehead atoms. The van der Waals surface area contributed by atoms with E-state index in [-0.39, 0.29) is 16.6 Å². The number of halogens is 4. The van der Waals surface area contributed by atoms with Crippen LogP contribution in [0.4, 0.5) is 24.5 Å². The number of carbonyl (C=O) groups excluding carboxylic acids is 1. The first-order valence-electron chi connectivity index (χ1n) is 8.53. The molecular formula is C19H20ClF3N2O3S. The number of hydrogen-bond acceptors (Lipinski definition) is 3. The molecule has 0 saturated heterocycles. The molecule has 0 aliphatic rings. The average molecular weight is 449 g/mol. The molecule has 2 aromatic rings. The van der Waals surface area contributed by atoms with Crippen molar-refractivity contribution in [1.29, 1.82) is 0 Å². The van der Waals surface area contributed by atoms with E-state index in [1.54, 1.807) is 24.3 Å². The lowest BCUT2D eigenvalue weighted by Crippen LogP contribution is -2.37. The Balaban J connectivity index is 2.29. The largest absolute Gasteiger partial charge is 0.418 e. The van der Waals surface area contributed by atoms with Crippen molar-refractivity contribution >= 4 is 38.9 Å². The minimum atomic E-state index is -4.74. The highest BCUT2D eigenvalue weighted by atomic mass is 35.5. The number of amides is 1. The Morgan fingerprint density at radius 3 is 2.21 bits per heavy atom. The third-order valence-corrected chi connectivity index (χ3v) is 5.47. The summed E-state index contributed by atoms with van der Waals surface area (Å²) in [5, 5.41) is 1.98. The number of alkyl halides is 3. The van der Waals surface area contributed by atoms with Crippen LogP contribution in [0.15, 0.2) is 42.5 Å². The second kappa shape index (κ2) is 8.62. The highest BCUT2D eigenvalue weighted by molar-refractivity contribution is 7.92. The van der Waals surface area contributed by atoms with E-state index in [0.29, 0.717) is 6.07 Å². The lowest BCUT2D eigenvalue weighted by molar-refractivity contribution is -0.137. The van der Waals surface area contributed by atoms with Gasteiger partial charge in [-0.2, -0.15) is 13.2 Å². The summed E-state index contributed by atoms with van der Waals surface area (Å²) >= 11 is 5.62. The minimum Gasteiger partial charge on any atom is -0.324 e. The molecule has 0 fully saturated rings. The molecule has 0 saturated carbocycles. The van der Waals surface area contributed by atoms with Crippen LogP contribution >= 0.6 is 11.6 Å². The van der Waals surface area contributed by atoms with Crippen LogP contribution in [0.3, 0.4) is 0 Å². The molecule has 2 rings (SSSR count). The Bertz CT molecular complexity index is 991. The number of carbonyl (C=O) groups is 1. The molecule has 10 heteroatoms. The number of hydrogen-bond donors (Lipinski definition) is 1. The van der Waals surface area contributed by atoms with Crippen molar-refractivity contribution in [3.63, 3.8) is 0 Å². The van der Waals surface area contributed by atoms with Gasteiger partial charge in [0.25, 0.3) is 0 Å². The maximum atomic E-state index is 13.2. The summed E-state index contributed by atoms with van der Waals surface area (Å²) in [5.74, 6) is -0.694.